The quantitative estimate of drug-likeness (QED) is 0.195. The fourth-order valence-corrected chi connectivity index (χ4v) is 6.19. The molecule has 5 rings (SSSR count). The first kappa shape index (κ1) is 29.8. The summed E-state index contributed by atoms with van der Waals surface area (Å²) >= 11 is 7.42. The summed E-state index contributed by atoms with van der Waals surface area (Å²) in [6, 6.07) is 7.67. The highest BCUT2D eigenvalue weighted by atomic mass is 35.5. The molecule has 1 aromatic carbocycles. The van der Waals surface area contributed by atoms with E-state index in [1.165, 1.54) is 24.0 Å². The molecule has 0 saturated heterocycles. The summed E-state index contributed by atoms with van der Waals surface area (Å²) in [7, 11) is 0. The minimum atomic E-state index is -2.89. The van der Waals surface area contributed by atoms with Gasteiger partial charge >= 0.3 is 6.55 Å². The summed E-state index contributed by atoms with van der Waals surface area (Å²) in [5.41, 5.74) is 1.58. The Balaban J connectivity index is 1.54. The molecule has 0 aliphatic heterocycles. The lowest BCUT2D eigenvalue weighted by molar-refractivity contribution is -0.117. The molecule has 220 valence electrons. The first-order valence-electron chi connectivity index (χ1n) is 13.6. The summed E-state index contributed by atoms with van der Waals surface area (Å²) < 4.78 is 45.2. The Morgan fingerprint density at radius 1 is 1.24 bits per heavy atom. The van der Waals surface area contributed by atoms with Gasteiger partial charge in [0.1, 0.15) is 29.2 Å². The number of imidazole rings is 1. The highest BCUT2D eigenvalue weighted by molar-refractivity contribution is 8.08. The number of carbonyl (C=O) groups excluding carboxylic acids is 1. The van der Waals surface area contributed by atoms with Crippen LogP contribution in [-0.2, 0) is 4.79 Å². The van der Waals surface area contributed by atoms with Crippen molar-refractivity contribution in [1.29, 1.82) is 0 Å². The van der Waals surface area contributed by atoms with E-state index < -0.39 is 12.4 Å². The number of fused-ring (bicyclic) bond motifs is 1. The maximum Gasteiger partial charge on any atom is 0.335 e. The van der Waals surface area contributed by atoms with Crippen molar-refractivity contribution in [2.24, 2.45) is 0 Å². The number of nitrogens with zero attached hydrogens (tertiary/aromatic N) is 6. The van der Waals surface area contributed by atoms with Crippen LogP contribution >= 0.6 is 23.4 Å². The monoisotopic (exact) mass is 615 g/mol. The van der Waals surface area contributed by atoms with Crippen LogP contribution in [0.5, 0.6) is 0 Å². The lowest BCUT2D eigenvalue weighted by Crippen LogP contribution is -2.39. The van der Waals surface area contributed by atoms with Gasteiger partial charge in [-0.25, -0.2) is 14.4 Å². The van der Waals surface area contributed by atoms with Crippen molar-refractivity contribution >= 4 is 40.3 Å². The Kier molecular flexibility index (Phi) is 9.32. The van der Waals surface area contributed by atoms with E-state index in [1.807, 2.05) is 24.5 Å². The number of aromatic nitrogens is 6. The van der Waals surface area contributed by atoms with E-state index in [2.05, 4.69) is 20.4 Å². The molecule has 1 amide bonds. The lowest BCUT2D eigenvalue weighted by Gasteiger charge is -2.32. The average molecular weight is 616 g/mol. The normalized spacial score (nSPS) is 18.2. The second kappa shape index (κ2) is 13.1. The minimum absolute atomic E-state index is 0.0894. The van der Waals surface area contributed by atoms with Crippen LogP contribution in [0.25, 0.3) is 33.9 Å². The molecule has 1 fully saturated rings. The molecule has 1 aliphatic rings. The number of alkyl halides is 2. The van der Waals surface area contributed by atoms with Gasteiger partial charge in [-0.15, -0.1) is 0 Å². The molecular formula is C29H29ClF3N7OS. The summed E-state index contributed by atoms with van der Waals surface area (Å²) in [4.78, 5) is 26.8. The van der Waals surface area contributed by atoms with Crippen LogP contribution in [0.4, 0.5) is 13.2 Å². The fraction of sp³-hybridized carbons (Fsp3) is 0.345. The van der Waals surface area contributed by atoms with Crippen molar-refractivity contribution in [3.8, 4) is 22.9 Å². The van der Waals surface area contributed by atoms with Crippen LogP contribution in [0.2, 0.25) is 0 Å². The first-order chi connectivity index (χ1) is 20.3. The summed E-state index contributed by atoms with van der Waals surface area (Å²) in [6.45, 7) is 0.868. The van der Waals surface area contributed by atoms with Crippen molar-refractivity contribution in [3.63, 3.8) is 0 Å². The molecule has 3 heterocycles. The molecule has 1 N–H and O–H groups in total. The number of hydrogen-bond acceptors (Lipinski definition) is 6. The van der Waals surface area contributed by atoms with Crippen molar-refractivity contribution in [3.05, 3.63) is 70.1 Å². The average Bonchev–Trinajstić information content (AvgIpc) is 3.62. The Morgan fingerprint density at radius 3 is 2.79 bits per heavy atom. The standard InChI is InChI=1S/C29H29ClF3N7OS/c1-3-8-24(42-25(30)4-2)28(41)37-17-9-7-10-18(13-17)39-23-14-21(27-35-16-36-40(27)29(32)33)34-15-22(23)38-26(39)19-11-5-6-12-20(19)31/h4-6,8,11-12,14-18,29H,3,7,9-10,13H2,1-2H3,(H,37,41)/b24-8+,25-4-. The number of thioether (sulfide) groups is 1. The van der Waals surface area contributed by atoms with Crippen LogP contribution in [0.1, 0.15) is 58.5 Å². The predicted octanol–water partition coefficient (Wildman–Crippen LogP) is 7.62. The molecule has 3 aromatic heterocycles. The Bertz CT molecular complexity index is 1650. The topological polar surface area (TPSA) is 90.5 Å². The van der Waals surface area contributed by atoms with Crippen LogP contribution in [0, 0.1) is 5.82 Å². The number of halogens is 4. The molecule has 13 heteroatoms. The van der Waals surface area contributed by atoms with Gasteiger partial charge in [0.25, 0.3) is 5.91 Å². The Morgan fingerprint density at radius 2 is 2.05 bits per heavy atom. The zero-order valence-corrected chi connectivity index (χ0v) is 24.5. The van der Waals surface area contributed by atoms with Crippen LogP contribution < -0.4 is 5.32 Å². The molecule has 1 aliphatic carbocycles. The van der Waals surface area contributed by atoms with E-state index in [0.717, 1.165) is 25.6 Å². The smallest absolute Gasteiger partial charge is 0.335 e. The van der Waals surface area contributed by atoms with Gasteiger partial charge in [0, 0.05) is 12.1 Å². The van der Waals surface area contributed by atoms with Crippen molar-refractivity contribution in [2.75, 3.05) is 0 Å². The first-order valence-corrected chi connectivity index (χ1v) is 14.8. The van der Waals surface area contributed by atoms with Gasteiger partial charge < -0.3 is 9.88 Å². The van der Waals surface area contributed by atoms with Crippen LogP contribution in [0.3, 0.4) is 0 Å². The van der Waals surface area contributed by atoms with Crippen LogP contribution in [-0.4, -0.2) is 41.2 Å². The van der Waals surface area contributed by atoms with Gasteiger partial charge in [0.2, 0.25) is 0 Å². The summed E-state index contributed by atoms with van der Waals surface area (Å²) in [5.74, 6) is -0.326. The third-order valence-corrected chi connectivity index (χ3v) is 8.52. The Hall–Kier alpha value is -3.64. The molecule has 0 spiro atoms. The second-order valence-electron chi connectivity index (χ2n) is 9.81. The SMILES string of the molecule is C/C=C(/Cl)S/C(=C/CC)C(=O)NC1CCCC(n2c(-c3ccccc3F)nc3cnc(-c4ncnn4C(F)F)cc32)C1. The van der Waals surface area contributed by atoms with E-state index in [9.17, 15) is 13.6 Å². The summed E-state index contributed by atoms with van der Waals surface area (Å²) in [6.07, 6.45) is 9.68. The number of carbonyl (C=O) groups is 1. The molecule has 8 nitrogen and oxygen atoms in total. The molecule has 0 radical (unpaired) electrons. The highest BCUT2D eigenvalue weighted by Gasteiger charge is 2.30. The van der Waals surface area contributed by atoms with E-state index in [4.69, 9.17) is 16.6 Å². The summed E-state index contributed by atoms with van der Waals surface area (Å²) in [5, 5.41) is 6.78. The molecule has 0 bridgehead atoms. The third-order valence-electron chi connectivity index (χ3n) is 7.07. The minimum Gasteiger partial charge on any atom is -0.349 e. The molecule has 2 unspecified atom stereocenters. The zero-order chi connectivity index (χ0) is 29.8. The molecule has 4 aromatic rings. The number of benzene rings is 1. The van der Waals surface area contributed by atoms with Gasteiger partial charge in [-0.1, -0.05) is 54.6 Å². The van der Waals surface area contributed by atoms with E-state index >= 15 is 4.39 Å². The van der Waals surface area contributed by atoms with E-state index in [0.29, 0.717) is 49.2 Å². The number of rotatable bonds is 9. The lowest BCUT2D eigenvalue weighted by atomic mass is 9.90. The number of nitrogens with one attached hydrogen (secondary N) is 1. The Labute approximate surface area is 250 Å². The third kappa shape index (κ3) is 6.24. The van der Waals surface area contributed by atoms with E-state index in [1.54, 1.807) is 30.3 Å². The molecule has 2 atom stereocenters. The van der Waals surface area contributed by atoms with Crippen molar-refractivity contribution in [1.82, 2.24) is 34.6 Å². The number of hydrogen-bond donors (Lipinski definition) is 1. The number of allylic oxidation sites excluding steroid dienone is 2. The van der Waals surface area contributed by atoms with Gasteiger partial charge in [0.05, 0.1) is 26.5 Å². The highest BCUT2D eigenvalue weighted by Crippen LogP contribution is 2.38. The maximum absolute atomic E-state index is 15.1. The van der Waals surface area contributed by atoms with Gasteiger partial charge in [-0.3, -0.25) is 9.78 Å². The molecule has 42 heavy (non-hydrogen) atoms. The molecular weight excluding hydrogens is 587 g/mol. The van der Waals surface area contributed by atoms with Gasteiger partial charge in [-0.05, 0) is 57.2 Å². The van der Waals surface area contributed by atoms with Gasteiger partial charge in [-0.2, -0.15) is 18.6 Å². The van der Waals surface area contributed by atoms with Gasteiger partial charge in [0.15, 0.2) is 5.82 Å². The van der Waals surface area contributed by atoms with Crippen molar-refractivity contribution in [2.45, 2.75) is 64.6 Å². The fourth-order valence-electron chi connectivity index (χ4n) is 5.22. The van der Waals surface area contributed by atoms with E-state index in [-0.39, 0.29) is 29.5 Å². The largest absolute Gasteiger partial charge is 0.349 e. The zero-order valence-electron chi connectivity index (χ0n) is 23.0. The van der Waals surface area contributed by atoms with Crippen LogP contribution in [0.15, 0.2) is 64.3 Å². The predicted molar refractivity (Wildman–Crippen MR) is 158 cm³/mol. The maximum atomic E-state index is 15.1. The number of amides is 1. The second-order valence-corrected chi connectivity index (χ2v) is 11.5. The molecule has 1 saturated carbocycles. The van der Waals surface area contributed by atoms with Crippen molar-refractivity contribution < 1.29 is 18.0 Å². The number of pyridine rings is 1.